The van der Waals surface area contributed by atoms with Gasteiger partial charge < -0.3 is 10.1 Å². The van der Waals surface area contributed by atoms with Gasteiger partial charge in [-0.05, 0) is 35.9 Å². The minimum Gasteiger partial charge on any atom is -0.478 e. The van der Waals surface area contributed by atoms with E-state index in [0.717, 1.165) is 33.3 Å². The molecule has 0 unspecified atom stereocenters. The van der Waals surface area contributed by atoms with Crippen molar-refractivity contribution >= 4 is 16.9 Å². The molecule has 2 N–H and O–H groups in total. The molecule has 0 saturated carbocycles. The molecule has 2 heterocycles. The summed E-state index contributed by atoms with van der Waals surface area (Å²) in [5.74, 6) is -0.925. The molecule has 4 heteroatoms. The van der Waals surface area contributed by atoms with Gasteiger partial charge in [-0.15, -0.1) is 0 Å². The number of carboxylic acid groups (broad SMARTS) is 1. The van der Waals surface area contributed by atoms with Crippen LogP contribution >= 0.6 is 0 Å². The van der Waals surface area contributed by atoms with E-state index in [1.54, 1.807) is 30.5 Å². The van der Waals surface area contributed by atoms with E-state index < -0.39 is 5.97 Å². The molecule has 116 valence electrons. The Morgan fingerprint density at radius 1 is 0.875 bits per heavy atom. The van der Waals surface area contributed by atoms with Gasteiger partial charge in [0.2, 0.25) is 0 Å². The van der Waals surface area contributed by atoms with Gasteiger partial charge in [0.15, 0.2) is 0 Å². The van der Waals surface area contributed by atoms with Crippen LogP contribution in [0, 0.1) is 0 Å². The Morgan fingerprint density at radius 3 is 2.38 bits per heavy atom. The Kier molecular flexibility index (Phi) is 3.35. The monoisotopic (exact) mass is 314 g/mol. The molecule has 0 radical (unpaired) electrons. The Labute approximate surface area is 138 Å². The normalized spacial score (nSPS) is 10.8. The molecule has 4 aromatic rings. The van der Waals surface area contributed by atoms with Crippen molar-refractivity contribution in [1.29, 1.82) is 0 Å². The van der Waals surface area contributed by atoms with E-state index in [2.05, 4.69) is 22.1 Å². The summed E-state index contributed by atoms with van der Waals surface area (Å²) in [6, 6.07) is 19.1. The number of carbonyl (C=O) groups is 1. The maximum atomic E-state index is 11.0. The first-order valence-corrected chi connectivity index (χ1v) is 7.57. The molecule has 0 spiro atoms. The molecular weight excluding hydrogens is 300 g/mol. The number of aromatic amines is 1. The summed E-state index contributed by atoms with van der Waals surface area (Å²) in [6.45, 7) is 0. The summed E-state index contributed by atoms with van der Waals surface area (Å²) in [5, 5.41) is 10.1. The maximum Gasteiger partial charge on any atom is 0.335 e. The van der Waals surface area contributed by atoms with Gasteiger partial charge in [0.1, 0.15) is 0 Å². The highest BCUT2D eigenvalue weighted by molar-refractivity contribution is 5.89. The third-order valence-electron chi connectivity index (χ3n) is 4.04. The van der Waals surface area contributed by atoms with Crippen LogP contribution < -0.4 is 0 Å². The Bertz CT molecular complexity index is 1000. The summed E-state index contributed by atoms with van der Waals surface area (Å²) >= 11 is 0. The Morgan fingerprint density at radius 2 is 1.62 bits per heavy atom. The first-order chi connectivity index (χ1) is 11.7. The third kappa shape index (κ3) is 2.54. The van der Waals surface area contributed by atoms with Gasteiger partial charge in [-0.25, -0.2) is 4.79 Å². The van der Waals surface area contributed by atoms with E-state index in [4.69, 9.17) is 5.11 Å². The van der Waals surface area contributed by atoms with Crippen LogP contribution in [-0.4, -0.2) is 21.0 Å². The summed E-state index contributed by atoms with van der Waals surface area (Å²) < 4.78 is 0. The lowest BCUT2D eigenvalue weighted by atomic mass is 10.0. The summed E-state index contributed by atoms with van der Waals surface area (Å²) in [7, 11) is 0. The van der Waals surface area contributed by atoms with Gasteiger partial charge in [0.05, 0.1) is 5.56 Å². The van der Waals surface area contributed by atoms with Crippen LogP contribution in [0.2, 0.25) is 0 Å². The number of rotatable bonds is 3. The summed E-state index contributed by atoms with van der Waals surface area (Å²) in [5.41, 5.74) is 5.24. The molecule has 0 aliphatic carbocycles. The predicted molar refractivity (Wildman–Crippen MR) is 93.9 cm³/mol. The zero-order valence-electron chi connectivity index (χ0n) is 12.7. The molecule has 0 fully saturated rings. The Balaban J connectivity index is 1.74. The second-order valence-corrected chi connectivity index (χ2v) is 5.62. The molecule has 0 atom stereocenters. The summed E-state index contributed by atoms with van der Waals surface area (Å²) in [4.78, 5) is 18.7. The van der Waals surface area contributed by atoms with Gasteiger partial charge in [-0.2, -0.15) is 0 Å². The standard InChI is InChI=1S/C20H14N2O2/c23-20(24)14-7-5-13(6-8-14)16-9-17(12-21-11-16)19-10-15-3-1-2-4-18(15)22-19/h1-12,22H,(H,23,24). The highest BCUT2D eigenvalue weighted by Gasteiger charge is 2.07. The number of hydrogen-bond acceptors (Lipinski definition) is 2. The molecule has 0 saturated heterocycles. The number of H-pyrrole nitrogens is 1. The van der Waals surface area contributed by atoms with Crippen molar-refractivity contribution < 1.29 is 9.90 Å². The van der Waals surface area contributed by atoms with Crippen molar-refractivity contribution in [3.8, 4) is 22.4 Å². The van der Waals surface area contributed by atoms with E-state index in [-0.39, 0.29) is 5.56 Å². The number of nitrogens with zero attached hydrogens (tertiary/aromatic N) is 1. The van der Waals surface area contributed by atoms with Gasteiger partial charge in [-0.1, -0.05) is 30.3 Å². The second kappa shape index (κ2) is 5.66. The molecule has 4 rings (SSSR count). The van der Waals surface area contributed by atoms with Crippen molar-refractivity contribution in [3.05, 3.63) is 78.6 Å². The molecule has 2 aromatic carbocycles. The lowest BCUT2D eigenvalue weighted by Gasteiger charge is -2.04. The van der Waals surface area contributed by atoms with Crippen LogP contribution in [0.1, 0.15) is 10.4 Å². The van der Waals surface area contributed by atoms with E-state index in [1.807, 2.05) is 30.5 Å². The number of aromatic nitrogens is 2. The highest BCUT2D eigenvalue weighted by Crippen LogP contribution is 2.27. The zero-order chi connectivity index (χ0) is 16.5. The number of benzene rings is 2. The van der Waals surface area contributed by atoms with Crippen molar-refractivity contribution in [3.63, 3.8) is 0 Å². The first kappa shape index (κ1) is 14.2. The highest BCUT2D eigenvalue weighted by atomic mass is 16.4. The van der Waals surface area contributed by atoms with Gasteiger partial charge in [0.25, 0.3) is 0 Å². The molecule has 0 aliphatic rings. The van der Waals surface area contributed by atoms with Gasteiger partial charge in [-0.3, -0.25) is 4.98 Å². The van der Waals surface area contributed by atoms with E-state index in [0.29, 0.717) is 0 Å². The SMILES string of the molecule is O=C(O)c1ccc(-c2cncc(-c3cc4ccccc4[nH]3)c2)cc1. The minimum atomic E-state index is -0.925. The quantitative estimate of drug-likeness (QED) is 0.581. The number of para-hydroxylation sites is 1. The molecule has 24 heavy (non-hydrogen) atoms. The average molecular weight is 314 g/mol. The molecule has 2 aromatic heterocycles. The van der Waals surface area contributed by atoms with Crippen molar-refractivity contribution in [2.45, 2.75) is 0 Å². The molecule has 4 nitrogen and oxygen atoms in total. The van der Waals surface area contributed by atoms with E-state index in [9.17, 15) is 4.79 Å². The number of aromatic carboxylic acids is 1. The van der Waals surface area contributed by atoms with E-state index >= 15 is 0 Å². The lowest BCUT2D eigenvalue weighted by molar-refractivity contribution is 0.0697. The van der Waals surface area contributed by atoms with Crippen LogP contribution in [0.4, 0.5) is 0 Å². The second-order valence-electron chi connectivity index (χ2n) is 5.62. The fourth-order valence-electron chi connectivity index (χ4n) is 2.78. The smallest absolute Gasteiger partial charge is 0.335 e. The number of hydrogen-bond donors (Lipinski definition) is 2. The number of pyridine rings is 1. The van der Waals surface area contributed by atoms with Crippen LogP contribution in [0.15, 0.2) is 73.1 Å². The van der Waals surface area contributed by atoms with Crippen LogP contribution in [0.5, 0.6) is 0 Å². The molecule has 0 amide bonds. The fraction of sp³-hybridized carbons (Fsp3) is 0. The third-order valence-corrected chi connectivity index (χ3v) is 4.04. The van der Waals surface area contributed by atoms with Gasteiger partial charge >= 0.3 is 5.97 Å². The minimum absolute atomic E-state index is 0.276. The van der Waals surface area contributed by atoms with Crippen molar-refractivity contribution in [2.75, 3.05) is 0 Å². The summed E-state index contributed by atoms with van der Waals surface area (Å²) in [6.07, 6.45) is 3.60. The fourth-order valence-corrected chi connectivity index (χ4v) is 2.78. The first-order valence-electron chi connectivity index (χ1n) is 7.57. The van der Waals surface area contributed by atoms with Crippen molar-refractivity contribution in [2.24, 2.45) is 0 Å². The Hall–Kier alpha value is -3.40. The van der Waals surface area contributed by atoms with Crippen LogP contribution in [0.25, 0.3) is 33.3 Å². The topological polar surface area (TPSA) is 66.0 Å². The van der Waals surface area contributed by atoms with Crippen LogP contribution in [0.3, 0.4) is 0 Å². The lowest BCUT2D eigenvalue weighted by Crippen LogP contribution is -1.95. The van der Waals surface area contributed by atoms with Gasteiger partial charge in [0, 0.05) is 40.1 Å². The molecule has 0 aliphatic heterocycles. The van der Waals surface area contributed by atoms with E-state index in [1.165, 1.54) is 0 Å². The number of nitrogens with one attached hydrogen (secondary N) is 1. The number of carboxylic acids is 1. The van der Waals surface area contributed by atoms with Crippen molar-refractivity contribution in [1.82, 2.24) is 9.97 Å². The largest absolute Gasteiger partial charge is 0.478 e. The maximum absolute atomic E-state index is 11.0. The molecule has 0 bridgehead atoms. The average Bonchev–Trinajstić information content (AvgIpc) is 3.06. The molecular formula is C20H14N2O2. The number of fused-ring (bicyclic) bond motifs is 1. The zero-order valence-corrected chi connectivity index (χ0v) is 12.7. The van der Waals surface area contributed by atoms with Crippen LogP contribution in [-0.2, 0) is 0 Å². The predicted octanol–water partition coefficient (Wildman–Crippen LogP) is 4.60.